The summed E-state index contributed by atoms with van der Waals surface area (Å²) in [5.74, 6) is 0.264. The number of hydrogen-bond donors (Lipinski definition) is 1. The fourth-order valence-electron chi connectivity index (χ4n) is 1.44. The van der Waals surface area contributed by atoms with Gasteiger partial charge in [-0.15, -0.1) is 0 Å². The van der Waals surface area contributed by atoms with Crippen molar-refractivity contribution in [1.82, 2.24) is 9.88 Å². The number of nitrogens with two attached hydrogens (primary N) is 1. The van der Waals surface area contributed by atoms with Crippen molar-refractivity contribution in [3.05, 3.63) is 17.8 Å². The topological polar surface area (TPSA) is 68.5 Å². The van der Waals surface area contributed by atoms with Gasteiger partial charge in [-0.3, -0.25) is 4.79 Å². The number of aromatic nitrogens is 1. The minimum absolute atomic E-state index is 0.0351. The lowest BCUT2D eigenvalue weighted by Crippen LogP contribution is -2.36. The summed E-state index contributed by atoms with van der Waals surface area (Å²) in [5.41, 5.74) is 6.49. The Hall–Kier alpha value is -1.78. The molecule has 1 amide bonds. The maximum absolute atomic E-state index is 11.9. The Morgan fingerprint density at radius 3 is 3.13 bits per heavy atom. The van der Waals surface area contributed by atoms with Crippen LogP contribution in [0.15, 0.2) is 12.3 Å². The minimum atomic E-state index is -0.102. The molecular formula is C10H13N3O2. The molecule has 0 unspecified atom stereocenters. The summed E-state index contributed by atoms with van der Waals surface area (Å²) in [6.45, 7) is 2.37. The Morgan fingerprint density at radius 2 is 2.40 bits per heavy atom. The Labute approximate surface area is 87.8 Å². The number of carbonyl (C=O) groups excluding carboxylic acids is 1. The Morgan fingerprint density at radius 1 is 1.67 bits per heavy atom. The molecule has 0 fully saturated rings. The fourth-order valence-corrected chi connectivity index (χ4v) is 1.44. The summed E-state index contributed by atoms with van der Waals surface area (Å²) in [6, 6.07) is 1.63. The number of carbonyl (C=O) groups is 1. The number of rotatable bonds is 0. The molecule has 0 radical (unpaired) electrons. The monoisotopic (exact) mass is 207 g/mol. The molecule has 0 spiro atoms. The Bertz CT molecular complexity index is 406. The lowest BCUT2D eigenvalue weighted by atomic mass is 10.2. The van der Waals surface area contributed by atoms with E-state index in [2.05, 4.69) is 4.98 Å². The molecule has 0 bridgehead atoms. The van der Waals surface area contributed by atoms with Crippen LogP contribution < -0.4 is 10.5 Å². The average Bonchev–Trinajstić information content (AvgIpc) is 2.32. The van der Waals surface area contributed by atoms with Gasteiger partial charge in [0.15, 0.2) is 0 Å². The highest BCUT2D eigenvalue weighted by molar-refractivity contribution is 5.97. The van der Waals surface area contributed by atoms with Crippen LogP contribution in [0, 0.1) is 0 Å². The first-order valence-corrected chi connectivity index (χ1v) is 4.75. The van der Waals surface area contributed by atoms with Crippen LogP contribution in [0.25, 0.3) is 0 Å². The van der Waals surface area contributed by atoms with Crippen molar-refractivity contribution in [2.24, 2.45) is 0 Å². The number of anilines is 1. The van der Waals surface area contributed by atoms with E-state index in [0.717, 1.165) is 0 Å². The van der Waals surface area contributed by atoms with Gasteiger partial charge in [-0.25, -0.2) is 4.98 Å². The van der Waals surface area contributed by atoms with Crippen molar-refractivity contribution in [2.45, 2.75) is 13.0 Å². The fraction of sp³-hybridized carbons (Fsp3) is 0.400. The summed E-state index contributed by atoms with van der Waals surface area (Å²) in [7, 11) is 1.74. The van der Waals surface area contributed by atoms with Crippen LogP contribution in [-0.4, -0.2) is 35.5 Å². The third kappa shape index (κ3) is 1.60. The molecule has 0 saturated carbocycles. The van der Waals surface area contributed by atoms with E-state index in [1.54, 1.807) is 18.0 Å². The van der Waals surface area contributed by atoms with Crippen LogP contribution in [0.1, 0.15) is 17.3 Å². The van der Waals surface area contributed by atoms with E-state index in [9.17, 15) is 4.79 Å². The predicted molar refractivity (Wildman–Crippen MR) is 55.7 cm³/mol. The first-order valence-electron chi connectivity index (χ1n) is 4.75. The zero-order valence-electron chi connectivity index (χ0n) is 8.73. The summed E-state index contributed by atoms with van der Waals surface area (Å²) < 4.78 is 5.43. The highest BCUT2D eigenvalue weighted by Gasteiger charge is 2.26. The van der Waals surface area contributed by atoms with Crippen LogP contribution in [0.5, 0.6) is 5.88 Å². The van der Waals surface area contributed by atoms with Gasteiger partial charge in [0.25, 0.3) is 5.91 Å². The summed E-state index contributed by atoms with van der Waals surface area (Å²) >= 11 is 0. The molecule has 0 aromatic carbocycles. The minimum Gasteiger partial charge on any atom is -0.475 e. The largest absolute Gasteiger partial charge is 0.475 e. The molecule has 1 aliphatic rings. The maximum atomic E-state index is 11.9. The lowest BCUT2D eigenvalue weighted by Gasteiger charge is -2.20. The van der Waals surface area contributed by atoms with E-state index in [4.69, 9.17) is 10.5 Å². The van der Waals surface area contributed by atoms with Crippen LogP contribution in [0.4, 0.5) is 5.69 Å². The predicted octanol–water partition coefficient (Wildman–Crippen LogP) is 0.517. The molecule has 0 aliphatic carbocycles. The van der Waals surface area contributed by atoms with E-state index < -0.39 is 0 Å². The highest BCUT2D eigenvalue weighted by Crippen LogP contribution is 2.23. The normalized spacial score (nSPS) is 20.5. The molecule has 1 aromatic rings. The molecule has 5 nitrogen and oxygen atoms in total. The molecule has 1 aromatic heterocycles. The quantitative estimate of drug-likeness (QED) is 0.673. The summed E-state index contributed by atoms with van der Waals surface area (Å²) in [5, 5.41) is 0. The maximum Gasteiger partial charge on any atom is 0.259 e. The third-order valence-electron chi connectivity index (χ3n) is 2.55. The van der Waals surface area contributed by atoms with Gasteiger partial charge < -0.3 is 15.4 Å². The second kappa shape index (κ2) is 3.42. The van der Waals surface area contributed by atoms with Gasteiger partial charge in [-0.2, -0.15) is 0 Å². The van der Waals surface area contributed by atoms with Gasteiger partial charge >= 0.3 is 0 Å². The molecule has 1 aliphatic heterocycles. The number of hydrogen-bond acceptors (Lipinski definition) is 4. The van der Waals surface area contributed by atoms with Crippen LogP contribution >= 0.6 is 0 Å². The van der Waals surface area contributed by atoms with Gasteiger partial charge in [0, 0.05) is 7.05 Å². The van der Waals surface area contributed by atoms with Gasteiger partial charge in [0.1, 0.15) is 12.2 Å². The van der Waals surface area contributed by atoms with Crippen molar-refractivity contribution in [2.75, 3.05) is 19.4 Å². The van der Waals surface area contributed by atoms with Gasteiger partial charge in [0.05, 0.1) is 17.9 Å². The number of fused-ring (bicyclic) bond motifs is 1. The smallest absolute Gasteiger partial charge is 0.259 e. The number of nitrogens with zero attached hydrogens (tertiary/aromatic N) is 2. The van der Waals surface area contributed by atoms with Crippen molar-refractivity contribution in [1.29, 1.82) is 0 Å². The highest BCUT2D eigenvalue weighted by atomic mass is 16.5. The molecular weight excluding hydrogens is 194 g/mol. The van der Waals surface area contributed by atoms with Crippen LogP contribution in [-0.2, 0) is 0 Å². The molecule has 80 valence electrons. The van der Waals surface area contributed by atoms with E-state index in [-0.39, 0.29) is 11.9 Å². The number of likely N-dealkylation sites (N-methyl/N-ethyl adjacent to an activating group) is 1. The molecule has 2 heterocycles. The van der Waals surface area contributed by atoms with Crippen LogP contribution in [0.3, 0.4) is 0 Å². The van der Waals surface area contributed by atoms with Gasteiger partial charge in [-0.05, 0) is 13.0 Å². The van der Waals surface area contributed by atoms with Crippen molar-refractivity contribution in [3.8, 4) is 5.88 Å². The first-order chi connectivity index (χ1) is 7.09. The number of ether oxygens (including phenoxy) is 1. The molecule has 1 atom stereocenters. The standard InChI is InChI=1S/C10H13N3O2/c1-6-5-15-9-8(10(14)13(6)2)3-7(11)4-12-9/h3-4,6H,5,11H2,1-2H3/t6-/m0/s1. The van der Waals surface area contributed by atoms with E-state index in [1.165, 1.54) is 6.20 Å². The molecule has 5 heteroatoms. The molecule has 0 saturated heterocycles. The Balaban J connectivity index is 2.48. The Kier molecular flexibility index (Phi) is 2.22. The summed E-state index contributed by atoms with van der Waals surface area (Å²) in [6.07, 6.45) is 1.49. The third-order valence-corrected chi connectivity index (χ3v) is 2.55. The van der Waals surface area contributed by atoms with Gasteiger partial charge in [-0.1, -0.05) is 0 Å². The number of amides is 1. The molecule has 2 N–H and O–H groups in total. The van der Waals surface area contributed by atoms with Crippen LogP contribution in [0.2, 0.25) is 0 Å². The van der Waals surface area contributed by atoms with E-state index in [1.807, 2.05) is 6.92 Å². The average molecular weight is 207 g/mol. The van der Waals surface area contributed by atoms with Crippen molar-refractivity contribution in [3.63, 3.8) is 0 Å². The zero-order valence-corrected chi connectivity index (χ0v) is 8.73. The zero-order chi connectivity index (χ0) is 11.0. The number of nitrogen functional groups attached to an aromatic ring is 1. The molecule has 2 rings (SSSR count). The molecule has 15 heavy (non-hydrogen) atoms. The number of pyridine rings is 1. The van der Waals surface area contributed by atoms with E-state index >= 15 is 0 Å². The van der Waals surface area contributed by atoms with Crippen molar-refractivity contribution >= 4 is 11.6 Å². The van der Waals surface area contributed by atoms with Crippen molar-refractivity contribution < 1.29 is 9.53 Å². The van der Waals surface area contributed by atoms with Gasteiger partial charge in [0.2, 0.25) is 5.88 Å². The second-order valence-electron chi connectivity index (χ2n) is 3.70. The summed E-state index contributed by atoms with van der Waals surface area (Å²) in [4.78, 5) is 17.6. The van der Waals surface area contributed by atoms with E-state index in [0.29, 0.717) is 23.7 Å². The second-order valence-corrected chi connectivity index (χ2v) is 3.70. The lowest BCUT2D eigenvalue weighted by molar-refractivity contribution is 0.0732. The SMILES string of the molecule is C[C@H]1COc2ncc(N)cc2C(=O)N1C. The first kappa shape index (κ1) is 9.76.